The van der Waals surface area contributed by atoms with Crippen molar-refractivity contribution in [3.8, 4) is 6.07 Å². The third-order valence-electron chi connectivity index (χ3n) is 3.46. The van der Waals surface area contributed by atoms with Crippen LogP contribution < -0.4 is 15.5 Å². The molecule has 2 N–H and O–H groups in total. The van der Waals surface area contributed by atoms with E-state index in [2.05, 4.69) is 10.6 Å². The Bertz CT molecular complexity index is 869. The molecular formula is C19H18N4O3. The van der Waals surface area contributed by atoms with Crippen molar-refractivity contribution in [3.63, 3.8) is 0 Å². The van der Waals surface area contributed by atoms with Crippen LogP contribution in [0.4, 0.5) is 17.1 Å². The summed E-state index contributed by atoms with van der Waals surface area (Å²) in [6.07, 6.45) is 0. The van der Waals surface area contributed by atoms with Gasteiger partial charge in [0.05, 0.1) is 11.6 Å². The Labute approximate surface area is 151 Å². The highest BCUT2D eigenvalue weighted by atomic mass is 16.2. The van der Waals surface area contributed by atoms with Crippen molar-refractivity contribution in [2.24, 2.45) is 0 Å². The fraction of sp³-hybridized carbons (Fsp3) is 0.158. The average molecular weight is 350 g/mol. The molecule has 0 fully saturated rings. The molecule has 2 aromatic carbocycles. The largest absolute Gasteiger partial charge is 0.326 e. The molecule has 0 spiro atoms. The van der Waals surface area contributed by atoms with Gasteiger partial charge in [-0.25, -0.2) is 0 Å². The minimum Gasteiger partial charge on any atom is -0.326 e. The molecule has 7 heteroatoms. The van der Waals surface area contributed by atoms with Crippen LogP contribution in [-0.2, 0) is 14.4 Å². The van der Waals surface area contributed by atoms with Gasteiger partial charge in [-0.2, -0.15) is 5.26 Å². The van der Waals surface area contributed by atoms with E-state index in [0.717, 1.165) is 0 Å². The van der Waals surface area contributed by atoms with Gasteiger partial charge in [0.15, 0.2) is 0 Å². The van der Waals surface area contributed by atoms with E-state index in [1.165, 1.54) is 18.7 Å². The van der Waals surface area contributed by atoms with E-state index in [1.807, 2.05) is 6.07 Å². The zero-order chi connectivity index (χ0) is 19.1. The SMILES string of the molecule is CC(=O)Nc1cccc(NC(=O)CN(C(C)=O)c2ccc(C#N)cc2)c1. The molecule has 0 aromatic heterocycles. The van der Waals surface area contributed by atoms with E-state index in [0.29, 0.717) is 22.6 Å². The Hall–Kier alpha value is -3.66. The lowest BCUT2D eigenvalue weighted by Crippen LogP contribution is -2.36. The van der Waals surface area contributed by atoms with E-state index in [9.17, 15) is 14.4 Å². The van der Waals surface area contributed by atoms with Gasteiger partial charge in [0, 0.05) is 30.9 Å². The molecule has 0 saturated carbocycles. The second kappa shape index (κ2) is 8.44. The van der Waals surface area contributed by atoms with Crippen molar-refractivity contribution < 1.29 is 14.4 Å². The Morgan fingerprint density at radius 3 is 2.15 bits per heavy atom. The quantitative estimate of drug-likeness (QED) is 0.865. The van der Waals surface area contributed by atoms with E-state index >= 15 is 0 Å². The third-order valence-corrected chi connectivity index (χ3v) is 3.46. The highest BCUT2D eigenvalue weighted by Crippen LogP contribution is 2.17. The topological polar surface area (TPSA) is 102 Å². The summed E-state index contributed by atoms with van der Waals surface area (Å²) in [6.45, 7) is 2.59. The summed E-state index contributed by atoms with van der Waals surface area (Å²) in [5, 5.41) is 14.2. The number of hydrogen-bond acceptors (Lipinski definition) is 4. The van der Waals surface area contributed by atoms with Gasteiger partial charge in [-0.05, 0) is 42.5 Å². The van der Waals surface area contributed by atoms with Crippen molar-refractivity contribution in [2.75, 3.05) is 22.1 Å². The predicted octanol–water partition coefficient (Wildman–Crippen LogP) is 2.51. The third kappa shape index (κ3) is 5.18. The Kier molecular flexibility index (Phi) is 6.06. The first-order valence-electron chi connectivity index (χ1n) is 7.85. The smallest absolute Gasteiger partial charge is 0.244 e. The molecule has 0 aliphatic heterocycles. The molecule has 7 nitrogen and oxygen atoms in total. The van der Waals surface area contributed by atoms with Crippen LogP contribution in [0.15, 0.2) is 48.5 Å². The molecule has 0 atom stereocenters. The number of carbonyl (C=O) groups is 3. The average Bonchev–Trinajstić information content (AvgIpc) is 2.59. The van der Waals surface area contributed by atoms with Crippen molar-refractivity contribution in [1.82, 2.24) is 0 Å². The van der Waals surface area contributed by atoms with Crippen LogP contribution in [0.1, 0.15) is 19.4 Å². The summed E-state index contributed by atoms with van der Waals surface area (Å²) in [7, 11) is 0. The second-order valence-corrected chi connectivity index (χ2v) is 5.57. The Morgan fingerprint density at radius 1 is 1.00 bits per heavy atom. The lowest BCUT2D eigenvalue weighted by atomic mass is 10.2. The molecule has 0 radical (unpaired) electrons. The van der Waals surface area contributed by atoms with Gasteiger partial charge in [-0.1, -0.05) is 6.07 Å². The fourth-order valence-electron chi connectivity index (χ4n) is 2.32. The zero-order valence-electron chi connectivity index (χ0n) is 14.4. The normalized spacial score (nSPS) is 9.73. The second-order valence-electron chi connectivity index (χ2n) is 5.57. The molecular weight excluding hydrogens is 332 g/mol. The molecule has 0 aliphatic rings. The number of nitrogens with one attached hydrogen (secondary N) is 2. The summed E-state index contributed by atoms with van der Waals surface area (Å²) in [5.74, 6) is -0.890. The van der Waals surface area contributed by atoms with Crippen LogP contribution in [0.2, 0.25) is 0 Å². The van der Waals surface area contributed by atoms with Gasteiger partial charge in [0.25, 0.3) is 0 Å². The van der Waals surface area contributed by atoms with Crippen LogP contribution in [0, 0.1) is 11.3 Å². The maximum atomic E-state index is 12.3. The number of hydrogen-bond donors (Lipinski definition) is 2. The molecule has 2 aromatic rings. The minimum atomic E-state index is -0.385. The van der Waals surface area contributed by atoms with Crippen LogP contribution in [0.25, 0.3) is 0 Å². The lowest BCUT2D eigenvalue weighted by Gasteiger charge is -2.20. The number of benzene rings is 2. The van der Waals surface area contributed by atoms with E-state index in [-0.39, 0.29) is 24.3 Å². The molecule has 0 bridgehead atoms. The summed E-state index contributed by atoms with van der Waals surface area (Å²) >= 11 is 0. The molecule has 0 unspecified atom stereocenters. The summed E-state index contributed by atoms with van der Waals surface area (Å²) in [5.41, 5.74) is 2.06. The van der Waals surface area contributed by atoms with Crippen LogP contribution in [-0.4, -0.2) is 24.3 Å². The molecule has 26 heavy (non-hydrogen) atoms. The van der Waals surface area contributed by atoms with Crippen LogP contribution in [0.5, 0.6) is 0 Å². The monoisotopic (exact) mass is 350 g/mol. The Balaban J connectivity index is 2.09. The minimum absolute atomic E-state index is 0.175. The first kappa shape index (κ1) is 18.7. The van der Waals surface area contributed by atoms with Crippen molar-refractivity contribution in [2.45, 2.75) is 13.8 Å². The van der Waals surface area contributed by atoms with Crippen molar-refractivity contribution in [3.05, 3.63) is 54.1 Å². The number of carbonyl (C=O) groups excluding carboxylic acids is 3. The fourth-order valence-corrected chi connectivity index (χ4v) is 2.32. The molecule has 0 saturated heterocycles. The Morgan fingerprint density at radius 2 is 1.62 bits per heavy atom. The number of nitrogens with zero attached hydrogens (tertiary/aromatic N) is 2. The highest BCUT2D eigenvalue weighted by Gasteiger charge is 2.16. The number of anilines is 3. The number of nitriles is 1. The molecule has 0 heterocycles. The van der Waals surface area contributed by atoms with E-state index in [4.69, 9.17) is 5.26 Å². The van der Waals surface area contributed by atoms with Crippen LogP contribution >= 0.6 is 0 Å². The number of amides is 3. The molecule has 0 aliphatic carbocycles. The predicted molar refractivity (Wildman–Crippen MR) is 98.6 cm³/mol. The maximum Gasteiger partial charge on any atom is 0.244 e. The first-order chi connectivity index (χ1) is 12.4. The van der Waals surface area contributed by atoms with E-state index < -0.39 is 0 Å². The van der Waals surface area contributed by atoms with Crippen molar-refractivity contribution in [1.29, 1.82) is 5.26 Å². The molecule has 2 rings (SSSR count). The van der Waals surface area contributed by atoms with Gasteiger partial charge in [-0.15, -0.1) is 0 Å². The van der Waals surface area contributed by atoms with E-state index in [1.54, 1.807) is 48.5 Å². The van der Waals surface area contributed by atoms with Gasteiger partial charge < -0.3 is 15.5 Å². The van der Waals surface area contributed by atoms with Gasteiger partial charge in [0.1, 0.15) is 6.54 Å². The molecule has 132 valence electrons. The summed E-state index contributed by atoms with van der Waals surface area (Å²) in [4.78, 5) is 36.6. The highest BCUT2D eigenvalue weighted by molar-refractivity contribution is 6.02. The van der Waals surface area contributed by atoms with Crippen LogP contribution in [0.3, 0.4) is 0 Å². The van der Waals surface area contributed by atoms with Gasteiger partial charge >= 0.3 is 0 Å². The summed E-state index contributed by atoms with van der Waals surface area (Å²) in [6, 6.07) is 15.1. The first-order valence-corrected chi connectivity index (χ1v) is 7.85. The molecule has 3 amide bonds. The number of rotatable bonds is 5. The zero-order valence-corrected chi connectivity index (χ0v) is 14.4. The van der Waals surface area contributed by atoms with Gasteiger partial charge in [-0.3, -0.25) is 14.4 Å². The van der Waals surface area contributed by atoms with Gasteiger partial charge in [0.2, 0.25) is 17.7 Å². The van der Waals surface area contributed by atoms with Crippen molar-refractivity contribution >= 4 is 34.8 Å². The summed E-state index contributed by atoms with van der Waals surface area (Å²) < 4.78 is 0. The maximum absolute atomic E-state index is 12.3. The standard InChI is InChI=1S/C19H18N4O3/c1-13(24)21-16-4-3-5-17(10-16)22-19(26)12-23(14(2)25)18-8-6-15(11-20)7-9-18/h3-10H,12H2,1-2H3,(H,21,24)(H,22,26). The lowest BCUT2D eigenvalue weighted by molar-refractivity contribution is -0.120.